The number of piperidine rings is 1. The van der Waals surface area contributed by atoms with E-state index in [1.165, 1.54) is 6.07 Å². The number of carbonyl (C=O) groups excluding carboxylic acids is 2. The van der Waals surface area contributed by atoms with Crippen molar-refractivity contribution in [3.63, 3.8) is 0 Å². The number of hydrogen-bond donors (Lipinski definition) is 0. The van der Waals surface area contributed by atoms with Gasteiger partial charge in [-0.3, -0.25) is 9.59 Å². The van der Waals surface area contributed by atoms with E-state index in [2.05, 4.69) is 0 Å². The molecule has 0 spiro atoms. The second-order valence-corrected chi connectivity index (χ2v) is 6.86. The fraction of sp³-hybridized carbons (Fsp3) is 0.263. The van der Waals surface area contributed by atoms with Gasteiger partial charge in [0.15, 0.2) is 5.78 Å². The molecule has 0 N–H and O–H groups in total. The van der Waals surface area contributed by atoms with Gasteiger partial charge in [0.05, 0.1) is 15.6 Å². The molecule has 1 amide bonds. The third kappa shape index (κ3) is 3.86. The van der Waals surface area contributed by atoms with Crippen LogP contribution < -0.4 is 0 Å². The molecule has 0 bridgehead atoms. The summed E-state index contributed by atoms with van der Waals surface area (Å²) >= 11 is 11.7. The SMILES string of the molecule is O=C(c1ccccc1)C1CCN(C(=O)c2cc(F)c(Cl)cc2Cl)CC1. The Morgan fingerprint density at radius 3 is 2.28 bits per heavy atom. The molecule has 2 aromatic rings. The zero-order chi connectivity index (χ0) is 18.0. The van der Waals surface area contributed by atoms with E-state index in [0.29, 0.717) is 31.5 Å². The number of carbonyl (C=O) groups is 2. The van der Waals surface area contributed by atoms with Crippen molar-refractivity contribution in [1.29, 1.82) is 0 Å². The molecule has 1 aliphatic rings. The van der Waals surface area contributed by atoms with E-state index >= 15 is 0 Å². The normalized spacial score (nSPS) is 15.2. The highest BCUT2D eigenvalue weighted by Gasteiger charge is 2.29. The van der Waals surface area contributed by atoms with Crippen molar-refractivity contribution in [2.45, 2.75) is 12.8 Å². The van der Waals surface area contributed by atoms with Gasteiger partial charge in [0.2, 0.25) is 0 Å². The Kier molecular flexibility index (Phi) is 5.40. The van der Waals surface area contributed by atoms with E-state index < -0.39 is 5.82 Å². The molecule has 1 saturated heterocycles. The van der Waals surface area contributed by atoms with Gasteiger partial charge in [0.25, 0.3) is 5.91 Å². The van der Waals surface area contributed by atoms with E-state index in [9.17, 15) is 14.0 Å². The van der Waals surface area contributed by atoms with Crippen LogP contribution in [0.2, 0.25) is 10.0 Å². The summed E-state index contributed by atoms with van der Waals surface area (Å²) in [5.74, 6) is -1.03. The van der Waals surface area contributed by atoms with Gasteiger partial charge in [-0.1, -0.05) is 53.5 Å². The van der Waals surface area contributed by atoms with Crippen LogP contribution in [0.5, 0.6) is 0 Å². The predicted octanol–water partition coefficient (Wildman–Crippen LogP) is 4.87. The van der Waals surface area contributed by atoms with Gasteiger partial charge in [-0.15, -0.1) is 0 Å². The highest BCUT2D eigenvalue weighted by molar-refractivity contribution is 6.36. The van der Waals surface area contributed by atoms with Crippen LogP contribution in [-0.4, -0.2) is 29.7 Å². The molecule has 1 aliphatic heterocycles. The van der Waals surface area contributed by atoms with E-state index in [1.54, 1.807) is 17.0 Å². The van der Waals surface area contributed by atoms with Crippen molar-refractivity contribution in [3.8, 4) is 0 Å². The van der Waals surface area contributed by atoms with Crippen LogP contribution in [0.3, 0.4) is 0 Å². The number of likely N-dealkylation sites (tertiary alicyclic amines) is 1. The third-order valence-electron chi connectivity index (χ3n) is 4.45. The molecule has 25 heavy (non-hydrogen) atoms. The molecule has 2 aromatic carbocycles. The maximum Gasteiger partial charge on any atom is 0.255 e. The standard InChI is InChI=1S/C19H16Cl2FNO2/c20-15-11-16(21)17(22)10-14(15)19(25)23-8-6-13(7-9-23)18(24)12-4-2-1-3-5-12/h1-5,10-11,13H,6-9H2. The second kappa shape index (κ2) is 7.54. The molecule has 0 atom stereocenters. The van der Waals surface area contributed by atoms with Gasteiger partial charge >= 0.3 is 0 Å². The lowest BCUT2D eigenvalue weighted by Gasteiger charge is -2.31. The fourth-order valence-corrected chi connectivity index (χ4v) is 3.50. The summed E-state index contributed by atoms with van der Waals surface area (Å²) in [4.78, 5) is 26.7. The summed E-state index contributed by atoms with van der Waals surface area (Å²) in [7, 11) is 0. The Morgan fingerprint density at radius 2 is 1.64 bits per heavy atom. The molecule has 6 heteroatoms. The molecule has 0 unspecified atom stereocenters. The monoisotopic (exact) mass is 379 g/mol. The number of Topliss-reactive ketones (excluding diaryl/α,β-unsaturated/α-hetero) is 1. The van der Waals surface area contributed by atoms with Crippen molar-refractivity contribution in [1.82, 2.24) is 4.90 Å². The van der Waals surface area contributed by atoms with E-state index in [1.807, 2.05) is 18.2 Å². The number of halogens is 3. The van der Waals surface area contributed by atoms with Crippen LogP contribution >= 0.6 is 23.2 Å². The molecule has 130 valence electrons. The van der Waals surface area contributed by atoms with Gasteiger partial charge in [-0.05, 0) is 25.0 Å². The Bertz CT molecular complexity index is 803. The van der Waals surface area contributed by atoms with Crippen LogP contribution in [-0.2, 0) is 0 Å². The summed E-state index contributed by atoms with van der Waals surface area (Å²) < 4.78 is 13.6. The molecule has 3 rings (SSSR count). The Balaban J connectivity index is 1.67. The summed E-state index contributed by atoms with van der Waals surface area (Å²) in [6.45, 7) is 0.866. The zero-order valence-corrected chi connectivity index (χ0v) is 14.9. The zero-order valence-electron chi connectivity index (χ0n) is 13.3. The number of nitrogens with zero attached hydrogens (tertiary/aromatic N) is 1. The van der Waals surface area contributed by atoms with Crippen LogP contribution in [0.15, 0.2) is 42.5 Å². The first kappa shape index (κ1) is 17.9. The Labute approximate surface area is 155 Å². The van der Waals surface area contributed by atoms with E-state index in [-0.39, 0.29) is 33.2 Å². The smallest absolute Gasteiger partial charge is 0.255 e. The summed E-state index contributed by atoms with van der Waals surface area (Å²) in [6, 6.07) is 11.4. The molecule has 1 fully saturated rings. The number of hydrogen-bond acceptors (Lipinski definition) is 2. The van der Waals surface area contributed by atoms with Crippen molar-refractivity contribution in [3.05, 3.63) is 69.5 Å². The van der Waals surface area contributed by atoms with Crippen LogP contribution in [0, 0.1) is 11.7 Å². The van der Waals surface area contributed by atoms with Crippen molar-refractivity contribution >= 4 is 34.9 Å². The third-order valence-corrected chi connectivity index (χ3v) is 5.05. The van der Waals surface area contributed by atoms with Crippen molar-refractivity contribution in [2.24, 2.45) is 5.92 Å². The lowest BCUT2D eigenvalue weighted by molar-refractivity contribution is 0.0650. The topological polar surface area (TPSA) is 37.4 Å². The molecular weight excluding hydrogens is 364 g/mol. The summed E-state index contributed by atoms with van der Waals surface area (Å²) in [5.41, 5.74) is 0.784. The van der Waals surface area contributed by atoms with Crippen LogP contribution in [0.1, 0.15) is 33.6 Å². The number of ketones is 1. The first-order valence-electron chi connectivity index (χ1n) is 8.00. The molecule has 0 saturated carbocycles. The van der Waals surface area contributed by atoms with Gasteiger partial charge in [0.1, 0.15) is 5.82 Å². The average Bonchev–Trinajstić information content (AvgIpc) is 2.64. The highest BCUT2D eigenvalue weighted by Crippen LogP contribution is 2.28. The molecule has 0 aromatic heterocycles. The first-order chi connectivity index (χ1) is 12.0. The van der Waals surface area contributed by atoms with Crippen molar-refractivity contribution in [2.75, 3.05) is 13.1 Å². The molecular formula is C19H16Cl2FNO2. The largest absolute Gasteiger partial charge is 0.339 e. The fourth-order valence-electron chi connectivity index (χ4n) is 3.04. The quantitative estimate of drug-likeness (QED) is 0.563. The summed E-state index contributed by atoms with van der Waals surface area (Å²) in [5, 5.41) is 0.00704. The number of rotatable bonds is 3. The highest BCUT2D eigenvalue weighted by atomic mass is 35.5. The van der Waals surface area contributed by atoms with Gasteiger partial charge in [0, 0.05) is 24.6 Å². The second-order valence-electron chi connectivity index (χ2n) is 6.04. The lowest BCUT2D eigenvalue weighted by atomic mass is 9.88. The number of amides is 1. The maximum absolute atomic E-state index is 13.6. The Hall–Kier alpha value is -1.91. The summed E-state index contributed by atoms with van der Waals surface area (Å²) in [6.07, 6.45) is 1.15. The van der Waals surface area contributed by atoms with Crippen LogP contribution in [0.25, 0.3) is 0 Å². The van der Waals surface area contributed by atoms with Gasteiger partial charge in [-0.2, -0.15) is 0 Å². The van der Waals surface area contributed by atoms with Crippen molar-refractivity contribution < 1.29 is 14.0 Å². The Morgan fingerprint density at radius 1 is 1.00 bits per heavy atom. The first-order valence-corrected chi connectivity index (χ1v) is 8.76. The minimum absolute atomic E-state index is 0.0939. The van der Waals surface area contributed by atoms with E-state index in [4.69, 9.17) is 23.2 Å². The van der Waals surface area contributed by atoms with Gasteiger partial charge < -0.3 is 4.90 Å². The van der Waals surface area contributed by atoms with E-state index in [0.717, 1.165) is 6.07 Å². The lowest BCUT2D eigenvalue weighted by Crippen LogP contribution is -2.40. The van der Waals surface area contributed by atoms with Crippen LogP contribution in [0.4, 0.5) is 4.39 Å². The molecule has 0 aliphatic carbocycles. The minimum atomic E-state index is -0.677. The minimum Gasteiger partial charge on any atom is -0.339 e. The predicted molar refractivity (Wildman–Crippen MR) is 95.8 cm³/mol. The number of benzene rings is 2. The maximum atomic E-state index is 13.6. The van der Waals surface area contributed by atoms with Gasteiger partial charge in [-0.25, -0.2) is 4.39 Å². The average molecular weight is 380 g/mol. The molecule has 0 radical (unpaired) electrons. The molecule has 3 nitrogen and oxygen atoms in total. The molecule has 1 heterocycles.